The van der Waals surface area contributed by atoms with Crippen molar-refractivity contribution in [2.45, 2.75) is 69.5 Å². The number of hydrogen-bond donors (Lipinski definition) is 1. The van der Waals surface area contributed by atoms with Gasteiger partial charge in [-0.2, -0.15) is 0 Å². The number of para-hydroxylation sites is 1. The normalized spacial score (nSPS) is 14.3. The minimum atomic E-state index is -4.09. The molecule has 0 spiro atoms. The first-order valence-corrected chi connectivity index (χ1v) is 15.5. The van der Waals surface area contributed by atoms with Crippen molar-refractivity contribution in [1.29, 1.82) is 0 Å². The van der Waals surface area contributed by atoms with Crippen LogP contribution in [0.4, 0.5) is 5.69 Å². The van der Waals surface area contributed by atoms with Crippen molar-refractivity contribution in [3.63, 3.8) is 0 Å². The summed E-state index contributed by atoms with van der Waals surface area (Å²) in [5.74, 6) is 0.00365. The van der Waals surface area contributed by atoms with Crippen molar-refractivity contribution in [2.24, 2.45) is 0 Å². The molecule has 0 aliphatic heterocycles. The Hall–Kier alpha value is -3.85. The van der Waals surface area contributed by atoms with E-state index in [1.165, 1.54) is 17.0 Å². The number of ether oxygens (including phenoxy) is 1. The summed E-state index contributed by atoms with van der Waals surface area (Å²) < 4.78 is 34.3. The number of nitrogens with one attached hydrogen (secondary N) is 1. The third kappa shape index (κ3) is 7.27. The van der Waals surface area contributed by atoms with Crippen LogP contribution < -0.4 is 14.4 Å². The van der Waals surface area contributed by atoms with Gasteiger partial charge in [-0.1, -0.05) is 68.3 Å². The van der Waals surface area contributed by atoms with Crippen molar-refractivity contribution in [3.8, 4) is 5.75 Å². The molecule has 0 saturated heterocycles. The summed E-state index contributed by atoms with van der Waals surface area (Å²) in [6, 6.07) is 21.8. The van der Waals surface area contributed by atoms with Crippen LogP contribution in [0.15, 0.2) is 83.8 Å². The summed E-state index contributed by atoms with van der Waals surface area (Å²) in [4.78, 5) is 29.3. The number of carbonyl (C=O) groups excluding carboxylic acids is 2. The van der Waals surface area contributed by atoms with Crippen LogP contribution >= 0.6 is 0 Å². The molecular formula is C32H39N3O5S. The molecule has 3 aromatic rings. The summed E-state index contributed by atoms with van der Waals surface area (Å²) in [6.45, 7) is 3.37. The van der Waals surface area contributed by atoms with Gasteiger partial charge in [0.2, 0.25) is 11.8 Å². The average molecular weight is 578 g/mol. The van der Waals surface area contributed by atoms with E-state index in [0.717, 1.165) is 35.6 Å². The zero-order chi connectivity index (χ0) is 29.4. The number of amides is 2. The van der Waals surface area contributed by atoms with Gasteiger partial charge in [-0.3, -0.25) is 13.9 Å². The van der Waals surface area contributed by atoms with Gasteiger partial charge in [-0.05, 0) is 67.6 Å². The van der Waals surface area contributed by atoms with E-state index >= 15 is 0 Å². The fraction of sp³-hybridized carbons (Fsp3) is 0.375. The van der Waals surface area contributed by atoms with E-state index in [0.29, 0.717) is 23.4 Å². The van der Waals surface area contributed by atoms with Crippen LogP contribution in [0.5, 0.6) is 5.75 Å². The summed E-state index contributed by atoms with van der Waals surface area (Å²) in [7, 11) is -2.51. The Balaban J connectivity index is 1.71. The van der Waals surface area contributed by atoms with Crippen LogP contribution in [0.2, 0.25) is 0 Å². The molecule has 9 heteroatoms. The Morgan fingerprint density at radius 3 is 2.20 bits per heavy atom. The van der Waals surface area contributed by atoms with Crippen molar-refractivity contribution in [2.75, 3.05) is 18.0 Å². The van der Waals surface area contributed by atoms with Crippen LogP contribution in [0.1, 0.15) is 50.2 Å². The molecular weight excluding hydrogens is 538 g/mol. The third-order valence-corrected chi connectivity index (χ3v) is 9.37. The summed E-state index contributed by atoms with van der Waals surface area (Å²) in [6.07, 6.45) is 4.37. The SMILES string of the molecule is CC[C@H](C(=O)NC1CCCC1)N(Cc1ccc(OC)cc1)C(=O)CN(c1ccccc1C)S(=O)(=O)c1ccccc1. The van der Waals surface area contributed by atoms with Gasteiger partial charge in [0.25, 0.3) is 10.0 Å². The molecule has 2 amide bonds. The zero-order valence-corrected chi connectivity index (χ0v) is 24.8. The molecule has 0 heterocycles. The molecule has 218 valence electrons. The molecule has 1 N–H and O–H groups in total. The number of hydrogen-bond acceptors (Lipinski definition) is 5. The predicted octanol–water partition coefficient (Wildman–Crippen LogP) is 5.07. The molecule has 4 rings (SSSR count). The first kappa shape index (κ1) is 30.1. The lowest BCUT2D eigenvalue weighted by molar-refractivity contribution is -0.140. The smallest absolute Gasteiger partial charge is 0.264 e. The first-order valence-electron chi connectivity index (χ1n) is 14.1. The van der Waals surface area contributed by atoms with Crippen molar-refractivity contribution < 1.29 is 22.7 Å². The van der Waals surface area contributed by atoms with E-state index in [9.17, 15) is 18.0 Å². The molecule has 8 nitrogen and oxygen atoms in total. The third-order valence-electron chi connectivity index (χ3n) is 7.59. The second kappa shape index (κ2) is 13.7. The number of sulfonamides is 1. The fourth-order valence-corrected chi connectivity index (χ4v) is 6.79. The van der Waals surface area contributed by atoms with E-state index in [1.807, 2.05) is 38.1 Å². The lowest BCUT2D eigenvalue weighted by atomic mass is 10.1. The highest BCUT2D eigenvalue weighted by molar-refractivity contribution is 7.92. The van der Waals surface area contributed by atoms with Crippen LogP contribution in [0, 0.1) is 6.92 Å². The maximum atomic E-state index is 14.2. The Kier molecular flexibility index (Phi) is 10.0. The van der Waals surface area contributed by atoms with Gasteiger partial charge in [0, 0.05) is 12.6 Å². The van der Waals surface area contributed by atoms with E-state index in [2.05, 4.69) is 5.32 Å². The molecule has 0 radical (unpaired) electrons. The quantitative estimate of drug-likeness (QED) is 0.325. The van der Waals surface area contributed by atoms with Crippen LogP contribution in [-0.4, -0.2) is 50.9 Å². The highest BCUT2D eigenvalue weighted by atomic mass is 32.2. The van der Waals surface area contributed by atoms with Gasteiger partial charge >= 0.3 is 0 Å². The molecule has 41 heavy (non-hydrogen) atoms. The van der Waals surface area contributed by atoms with Crippen molar-refractivity contribution >= 4 is 27.5 Å². The summed E-state index contributed by atoms with van der Waals surface area (Å²) >= 11 is 0. The Bertz CT molecular complexity index is 1420. The standard InChI is InChI=1S/C32H39N3O5S/c1-4-29(32(37)33-26-13-9-10-14-26)34(22-25-18-20-27(40-3)21-19-25)31(36)23-35(30-17-11-8-12-24(30)2)41(38,39)28-15-6-5-7-16-28/h5-8,11-12,15-21,26,29H,4,9-10,13-14,22-23H2,1-3H3,(H,33,37)/t29-/m1/s1. The largest absolute Gasteiger partial charge is 0.497 e. The Morgan fingerprint density at radius 2 is 1.59 bits per heavy atom. The highest BCUT2D eigenvalue weighted by Gasteiger charge is 2.34. The number of aryl methyl sites for hydroxylation is 1. The van der Waals surface area contributed by atoms with E-state index in [-0.39, 0.29) is 23.4 Å². The molecule has 0 aromatic heterocycles. The second-order valence-corrected chi connectivity index (χ2v) is 12.3. The highest BCUT2D eigenvalue weighted by Crippen LogP contribution is 2.28. The maximum Gasteiger partial charge on any atom is 0.264 e. The van der Waals surface area contributed by atoms with Gasteiger partial charge in [0.15, 0.2) is 0 Å². The minimum Gasteiger partial charge on any atom is -0.497 e. The van der Waals surface area contributed by atoms with E-state index in [4.69, 9.17) is 4.74 Å². The maximum absolute atomic E-state index is 14.2. The molecule has 1 fully saturated rings. The van der Waals surface area contributed by atoms with Gasteiger partial charge < -0.3 is 15.0 Å². The van der Waals surface area contributed by atoms with E-state index in [1.54, 1.807) is 49.6 Å². The topological polar surface area (TPSA) is 96.0 Å². The minimum absolute atomic E-state index is 0.0868. The Morgan fingerprint density at radius 1 is 0.951 bits per heavy atom. The number of methoxy groups -OCH3 is 1. The number of benzene rings is 3. The first-order chi connectivity index (χ1) is 19.7. The summed E-state index contributed by atoms with van der Waals surface area (Å²) in [5.41, 5.74) is 1.93. The van der Waals surface area contributed by atoms with E-state index < -0.39 is 28.5 Å². The zero-order valence-electron chi connectivity index (χ0n) is 24.0. The van der Waals surface area contributed by atoms with Crippen LogP contribution in [0.25, 0.3) is 0 Å². The van der Waals surface area contributed by atoms with Crippen LogP contribution in [0.3, 0.4) is 0 Å². The lowest BCUT2D eigenvalue weighted by Gasteiger charge is -2.34. The summed E-state index contributed by atoms with van der Waals surface area (Å²) in [5, 5.41) is 3.13. The average Bonchev–Trinajstić information content (AvgIpc) is 3.50. The fourth-order valence-electron chi connectivity index (χ4n) is 5.29. The molecule has 0 unspecified atom stereocenters. The van der Waals surface area contributed by atoms with Crippen LogP contribution in [-0.2, 0) is 26.2 Å². The number of rotatable bonds is 12. The molecule has 1 aliphatic carbocycles. The van der Waals surface area contributed by atoms with Crippen molar-refractivity contribution in [1.82, 2.24) is 10.2 Å². The number of nitrogens with zero attached hydrogens (tertiary/aromatic N) is 2. The Labute approximate surface area is 243 Å². The molecule has 1 saturated carbocycles. The molecule has 1 atom stereocenters. The van der Waals surface area contributed by atoms with Gasteiger partial charge in [-0.15, -0.1) is 0 Å². The number of carbonyl (C=O) groups is 2. The second-order valence-electron chi connectivity index (χ2n) is 10.4. The van der Waals surface area contributed by atoms with Crippen molar-refractivity contribution in [3.05, 3.63) is 90.0 Å². The molecule has 0 bridgehead atoms. The van der Waals surface area contributed by atoms with Gasteiger partial charge in [0.05, 0.1) is 17.7 Å². The predicted molar refractivity (Wildman–Crippen MR) is 160 cm³/mol. The monoisotopic (exact) mass is 577 g/mol. The van der Waals surface area contributed by atoms with Gasteiger partial charge in [-0.25, -0.2) is 8.42 Å². The number of anilines is 1. The van der Waals surface area contributed by atoms with Gasteiger partial charge in [0.1, 0.15) is 18.3 Å². The molecule has 3 aromatic carbocycles. The lowest BCUT2D eigenvalue weighted by Crippen LogP contribution is -2.53. The molecule has 1 aliphatic rings.